The first-order valence-electron chi connectivity index (χ1n) is 9.98. The number of aliphatic hydroxyl groups excluding tert-OH is 2. The lowest BCUT2D eigenvalue weighted by Crippen LogP contribution is -2.30. The summed E-state index contributed by atoms with van der Waals surface area (Å²) in [7, 11) is 0. The second-order valence-corrected chi connectivity index (χ2v) is 7.83. The van der Waals surface area contributed by atoms with Crippen molar-refractivity contribution in [2.45, 2.75) is 6.54 Å². The van der Waals surface area contributed by atoms with Gasteiger partial charge in [-0.15, -0.1) is 11.3 Å². The molecule has 0 fully saturated rings. The summed E-state index contributed by atoms with van der Waals surface area (Å²) in [4.78, 5) is 11.8. The van der Waals surface area contributed by atoms with Crippen LogP contribution in [0.2, 0.25) is 0 Å². The molecule has 0 spiro atoms. The predicted octanol–water partition coefficient (Wildman–Crippen LogP) is 3.90. The monoisotopic (exact) mass is 438 g/mol. The summed E-state index contributed by atoms with van der Waals surface area (Å²) in [6, 6.07) is 14.1. The molecule has 0 aliphatic rings. The van der Waals surface area contributed by atoms with Gasteiger partial charge in [-0.25, -0.2) is 9.37 Å². The first-order chi connectivity index (χ1) is 15.2. The lowest BCUT2D eigenvalue weighted by molar-refractivity contribution is 0.280. The molecule has 0 saturated heterocycles. The molecule has 4 rings (SSSR count). The number of nitrogens with zero attached hydrogens (tertiary/aromatic N) is 3. The number of aliphatic hydroxyl groups is 2. The lowest BCUT2D eigenvalue weighted by Gasteiger charge is -2.23. The fourth-order valence-corrected chi connectivity index (χ4v) is 4.41. The summed E-state index contributed by atoms with van der Waals surface area (Å²) < 4.78 is 13.4. The smallest absolute Gasteiger partial charge is 0.132 e. The van der Waals surface area contributed by atoms with Gasteiger partial charge in [-0.05, 0) is 29.8 Å². The van der Waals surface area contributed by atoms with E-state index in [0.29, 0.717) is 25.5 Å². The van der Waals surface area contributed by atoms with Crippen LogP contribution in [0.25, 0.3) is 21.3 Å². The second-order valence-electron chi connectivity index (χ2n) is 6.97. The third kappa shape index (κ3) is 4.82. The molecule has 0 radical (unpaired) electrons. The number of halogens is 1. The molecule has 0 bridgehead atoms. The second kappa shape index (κ2) is 9.82. The van der Waals surface area contributed by atoms with Crippen LogP contribution in [0.5, 0.6) is 0 Å². The average molecular weight is 439 g/mol. The Morgan fingerprint density at radius 3 is 2.48 bits per heavy atom. The maximum Gasteiger partial charge on any atom is 0.132 e. The van der Waals surface area contributed by atoms with Crippen molar-refractivity contribution >= 4 is 33.1 Å². The van der Waals surface area contributed by atoms with Crippen molar-refractivity contribution in [3.8, 4) is 11.1 Å². The van der Waals surface area contributed by atoms with Gasteiger partial charge in [-0.1, -0.05) is 18.2 Å². The molecule has 1 aromatic carbocycles. The third-order valence-corrected chi connectivity index (χ3v) is 5.81. The van der Waals surface area contributed by atoms with E-state index in [1.165, 1.54) is 23.5 Å². The molecule has 0 amide bonds. The number of anilines is 2. The number of hydrogen-bond donors (Lipinski definition) is 3. The zero-order valence-corrected chi connectivity index (χ0v) is 17.6. The molecule has 3 heterocycles. The molecule has 3 N–H and O–H groups in total. The van der Waals surface area contributed by atoms with Crippen LogP contribution in [0.15, 0.2) is 60.1 Å². The Labute approximate surface area is 183 Å². The molecule has 0 aliphatic carbocycles. The number of hydrogen-bond acceptors (Lipinski definition) is 7. The zero-order chi connectivity index (χ0) is 21.6. The summed E-state index contributed by atoms with van der Waals surface area (Å²) in [5.41, 5.74) is 3.64. The molecule has 0 aliphatic heterocycles. The molecule has 0 unspecified atom stereocenters. The van der Waals surface area contributed by atoms with Gasteiger partial charge < -0.3 is 20.4 Å². The predicted molar refractivity (Wildman–Crippen MR) is 123 cm³/mol. The van der Waals surface area contributed by atoms with Crippen molar-refractivity contribution < 1.29 is 14.6 Å². The molecule has 6 nitrogen and oxygen atoms in total. The van der Waals surface area contributed by atoms with Crippen molar-refractivity contribution in [2.24, 2.45) is 0 Å². The van der Waals surface area contributed by atoms with Crippen molar-refractivity contribution in [2.75, 3.05) is 36.5 Å². The highest BCUT2D eigenvalue weighted by molar-refractivity contribution is 7.17. The van der Waals surface area contributed by atoms with Crippen LogP contribution in [0.4, 0.5) is 15.9 Å². The Kier molecular flexibility index (Phi) is 6.71. The van der Waals surface area contributed by atoms with Gasteiger partial charge in [0.05, 0.1) is 25.5 Å². The number of nitrogens with one attached hydrogen (secondary N) is 1. The van der Waals surface area contributed by atoms with Crippen LogP contribution in [0.3, 0.4) is 0 Å². The van der Waals surface area contributed by atoms with Gasteiger partial charge in [0, 0.05) is 47.4 Å². The average Bonchev–Trinajstić information content (AvgIpc) is 3.23. The number of fused-ring (bicyclic) bond motifs is 1. The van der Waals surface area contributed by atoms with Gasteiger partial charge in [0.15, 0.2) is 0 Å². The van der Waals surface area contributed by atoms with Crippen molar-refractivity contribution in [1.29, 1.82) is 0 Å². The SMILES string of the molecule is OCCN(CCO)c1cc(NCc2ccccn2)c2c(-c3ccc(F)cc3)csc2n1. The Hall–Kier alpha value is -3.07. The van der Waals surface area contributed by atoms with Crippen LogP contribution in [0, 0.1) is 5.82 Å². The Bertz CT molecular complexity index is 1130. The summed E-state index contributed by atoms with van der Waals surface area (Å²) >= 11 is 1.50. The number of aromatic nitrogens is 2. The van der Waals surface area contributed by atoms with Crippen molar-refractivity contribution in [3.63, 3.8) is 0 Å². The van der Waals surface area contributed by atoms with E-state index in [1.54, 1.807) is 18.3 Å². The first-order valence-corrected chi connectivity index (χ1v) is 10.9. The summed E-state index contributed by atoms with van der Waals surface area (Å²) in [6.45, 7) is 1.19. The van der Waals surface area contributed by atoms with E-state index in [9.17, 15) is 14.6 Å². The van der Waals surface area contributed by atoms with E-state index < -0.39 is 0 Å². The molecule has 160 valence electrons. The fourth-order valence-electron chi connectivity index (χ4n) is 3.44. The number of pyridine rings is 2. The number of thiophene rings is 1. The van der Waals surface area contributed by atoms with Gasteiger partial charge >= 0.3 is 0 Å². The van der Waals surface area contributed by atoms with Gasteiger partial charge in [-0.3, -0.25) is 4.98 Å². The quantitative estimate of drug-likeness (QED) is 0.368. The highest BCUT2D eigenvalue weighted by Crippen LogP contribution is 2.39. The highest BCUT2D eigenvalue weighted by Gasteiger charge is 2.17. The molecule has 0 saturated carbocycles. The lowest BCUT2D eigenvalue weighted by atomic mass is 10.0. The fraction of sp³-hybridized carbons (Fsp3) is 0.217. The third-order valence-electron chi connectivity index (χ3n) is 4.94. The summed E-state index contributed by atoms with van der Waals surface area (Å²) in [5.74, 6) is 0.396. The first kappa shape index (κ1) is 21.2. The Morgan fingerprint density at radius 1 is 1.03 bits per heavy atom. The Morgan fingerprint density at radius 2 is 1.81 bits per heavy atom. The minimum atomic E-state index is -0.277. The van der Waals surface area contributed by atoms with Gasteiger partial charge in [0.2, 0.25) is 0 Å². The van der Waals surface area contributed by atoms with Crippen LogP contribution in [-0.2, 0) is 6.54 Å². The van der Waals surface area contributed by atoms with Crippen LogP contribution >= 0.6 is 11.3 Å². The van der Waals surface area contributed by atoms with E-state index in [2.05, 4.69) is 10.3 Å². The highest BCUT2D eigenvalue weighted by atomic mass is 32.1. The molecular weight excluding hydrogens is 415 g/mol. The zero-order valence-electron chi connectivity index (χ0n) is 16.8. The number of benzene rings is 1. The van der Waals surface area contributed by atoms with Gasteiger partial charge in [0.1, 0.15) is 16.5 Å². The van der Waals surface area contributed by atoms with E-state index in [1.807, 2.05) is 34.5 Å². The van der Waals surface area contributed by atoms with Gasteiger partial charge in [0.25, 0.3) is 0 Å². The van der Waals surface area contributed by atoms with Crippen LogP contribution in [0.1, 0.15) is 5.69 Å². The summed E-state index contributed by atoms with van der Waals surface area (Å²) in [5, 5.41) is 25.3. The van der Waals surface area contributed by atoms with Gasteiger partial charge in [-0.2, -0.15) is 0 Å². The largest absolute Gasteiger partial charge is 0.395 e. The topological polar surface area (TPSA) is 81.5 Å². The van der Waals surface area contributed by atoms with Crippen LogP contribution in [-0.4, -0.2) is 46.5 Å². The van der Waals surface area contributed by atoms with E-state index in [-0.39, 0.29) is 19.0 Å². The molecular formula is C23H23FN4O2S. The normalized spacial score (nSPS) is 11.1. The standard InChI is InChI=1S/C23H23FN4O2S/c24-17-6-4-16(5-7-17)19-15-31-23-22(19)20(26-14-18-3-1-2-8-25-18)13-21(27-23)28(9-11-29)10-12-30/h1-8,13,15,29-30H,9-12,14H2,(H,26,27). The van der Waals surface area contributed by atoms with E-state index >= 15 is 0 Å². The molecule has 4 aromatic rings. The van der Waals surface area contributed by atoms with Crippen molar-refractivity contribution in [1.82, 2.24) is 9.97 Å². The molecule has 8 heteroatoms. The maximum absolute atomic E-state index is 13.4. The molecule has 0 atom stereocenters. The van der Waals surface area contributed by atoms with E-state index in [4.69, 9.17) is 4.98 Å². The Balaban J connectivity index is 1.79. The van der Waals surface area contributed by atoms with Crippen LogP contribution < -0.4 is 10.2 Å². The van der Waals surface area contributed by atoms with E-state index in [0.717, 1.165) is 32.7 Å². The van der Waals surface area contributed by atoms with Crippen molar-refractivity contribution in [3.05, 3.63) is 71.6 Å². The number of rotatable bonds is 9. The maximum atomic E-state index is 13.4. The molecule has 31 heavy (non-hydrogen) atoms. The molecule has 3 aromatic heterocycles. The minimum Gasteiger partial charge on any atom is -0.395 e. The summed E-state index contributed by atoms with van der Waals surface area (Å²) in [6.07, 6.45) is 1.75. The minimum absolute atomic E-state index is 0.0400.